The van der Waals surface area contributed by atoms with Crippen LogP contribution in [0.4, 0.5) is 4.39 Å². The average Bonchev–Trinajstić information content (AvgIpc) is 3.39. The van der Waals surface area contributed by atoms with Gasteiger partial charge in [0.1, 0.15) is 17.1 Å². The Kier molecular flexibility index (Phi) is 6.15. The van der Waals surface area contributed by atoms with E-state index in [1.54, 1.807) is 12.1 Å². The molecule has 0 aromatic heterocycles. The van der Waals surface area contributed by atoms with Gasteiger partial charge in [-0.3, -0.25) is 4.79 Å². The first kappa shape index (κ1) is 22.6. The topological polar surface area (TPSA) is 96.3 Å². The fraction of sp³-hybridized carbons (Fsp3) is 0.391. The van der Waals surface area contributed by atoms with Gasteiger partial charge in [-0.2, -0.15) is 5.26 Å². The van der Waals surface area contributed by atoms with Gasteiger partial charge in [0.15, 0.2) is 9.84 Å². The minimum atomic E-state index is -3.90. The van der Waals surface area contributed by atoms with Crippen molar-refractivity contribution in [2.24, 2.45) is 11.8 Å². The first-order valence-corrected chi connectivity index (χ1v) is 12.3. The minimum absolute atomic E-state index is 0.0756. The molecular weight excluding hydrogens is 455 g/mol. The number of carbonyl (C=O) groups excluding carboxylic acids is 1. The molecule has 0 unspecified atom stereocenters. The fourth-order valence-electron chi connectivity index (χ4n) is 4.16. The predicted molar refractivity (Wildman–Crippen MR) is 116 cm³/mol. The predicted octanol–water partition coefficient (Wildman–Crippen LogP) is 3.90. The Bertz CT molecular complexity index is 1160. The Morgan fingerprint density at radius 1 is 1.22 bits per heavy atom. The Morgan fingerprint density at radius 2 is 1.94 bits per heavy atom. The van der Waals surface area contributed by atoms with Gasteiger partial charge < -0.3 is 10.1 Å². The normalized spacial score (nSPS) is 23.8. The summed E-state index contributed by atoms with van der Waals surface area (Å²) in [6.45, 7) is 0.158. The van der Waals surface area contributed by atoms with E-state index in [9.17, 15) is 22.9 Å². The summed E-state index contributed by atoms with van der Waals surface area (Å²) in [5.74, 6) is -1.35. The molecule has 0 bridgehead atoms. The number of benzene rings is 2. The van der Waals surface area contributed by atoms with E-state index in [1.807, 2.05) is 18.2 Å². The maximum absolute atomic E-state index is 13.4. The van der Waals surface area contributed by atoms with Crippen molar-refractivity contribution >= 4 is 27.3 Å². The largest absolute Gasteiger partial charge is 0.493 e. The van der Waals surface area contributed by atoms with E-state index in [4.69, 9.17) is 16.3 Å². The van der Waals surface area contributed by atoms with Crippen molar-refractivity contribution in [2.75, 3.05) is 6.61 Å². The number of rotatable bonds is 7. The molecule has 2 aliphatic carbocycles. The zero-order valence-corrected chi connectivity index (χ0v) is 18.7. The van der Waals surface area contributed by atoms with E-state index in [0.29, 0.717) is 18.6 Å². The molecule has 0 radical (unpaired) electrons. The van der Waals surface area contributed by atoms with Gasteiger partial charge in [0, 0.05) is 11.8 Å². The van der Waals surface area contributed by atoms with Crippen LogP contribution in [0.15, 0.2) is 53.4 Å². The number of halogens is 2. The summed E-state index contributed by atoms with van der Waals surface area (Å²) in [6.07, 6.45) is 1.44. The van der Waals surface area contributed by atoms with Gasteiger partial charge in [-0.25, -0.2) is 12.8 Å². The van der Waals surface area contributed by atoms with Crippen LogP contribution in [0.2, 0.25) is 5.02 Å². The van der Waals surface area contributed by atoms with Crippen LogP contribution in [-0.4, -0.2) is 31.7 Å². The summed E-state index contributed by atoms with van der Waals surface area (Å²) < 4.78 is 45.8. The van der Waals surface area contributed by atoms with Crippen molar-refractivity contribution in [3.63, 3.8) is 0 Å². The maximum Gasteiger partial charge on any atom is 0.224 e. The van der Waals surface area contributed by atoms with Gasteiger partial charge in [-0.15, -0.1) is 0 Å². The molecule has 2 fully saturated rings. The van der Waals surface area contributed by atoms with Crippen LogP contribution in [0.1, 0.15) is 25.7 Å². The second-order valence-electron chi connectivity index (χ2n) is 8.39. The van der Waals surface area contributed by atoms with E-state index >= 15 is 0 Å². The third-order valence-electron chi connectivity index (χ3n) is 6.16. The van der Waals surface area contributed by atoms with Crippen LogP contribution in [0, 0.1) is 29.0 Å². The standard InChI is InChI=1S/C23H22ClFN2O4S/c24-20-11-16(25)6-7-21(20)32(29,30)18-10-15(13-31-17-4-2-1-3-5-17)19(12-18)22(28)27-23(14-26)8-9-23/h1-7,11,15,18-19H,8-10,12-13H2,(H,27,28)/t15-,18-,19+/m0/s1. The highest BCUT2D eigenvalue weighted by Gasteiger charge is 2.50. The number of sulfone groups is 1. The molecule has 0 aliphatic heterocycles. The maximum atomic E-state index is 13.4. The Hall–Kier alpha value is -2.63. The molecule has 6 nitrogen and oxygen atoms in total. The van der Waals surface area contributed by atoms with Crippen LogP contribution >= 0.6 is 11.6 Å². The van der Waals surface area contributed by atoms with Gasteiger partial charge in [0.2, 0.25) is 5.91 Å². The number of para-hydroxylation sites is 1. The number of amides is 1. The van der Waals surface area contributed by atoms with E-state index in [0.717, 1.165) is 18.2 Å². The summed E-state index contributed by atoms with van der Waals surface area (Å²) in [4.78, 5) is 12.9. The summed E-state index contributed by atoms with van der Waals surface area (Å²) in [5, 5.41) is 11.1. The van der Waals surface area contributed by atoms with Gasteiger partial charge >= 0.3 is 0 Å². The number of hydrogen-bond donors (Lipinski definition) is 1. The van der Waals surface area contributed by atoms with Crippen molar-refractivity contribution in [3.8, 4) is 11.8 Å². The molecule has 3 atom stereocenters. The highest BCUT2D eigenvalue weighted by Crippen LogP contribution is 2.42. The molecule has 2 aliphatic rings. The molecule has 9 heteroatoms. The lowest BCUT2D eigenvalue weighted by molar-refractivity contribution is -0.127. The first-order chi connectivity index (χ1) is 15.2. The molecule has 0 saturated heterocycles. The monoisotopic (exact) mass is 476 g/mol. The van der Waals surface area contributed by atoms with Gasteiger partial charge in [0.25, 0.3) is 0 Å². The molecule has 2 saturated carbocycles. The molecule has 1 amide bonds. The highest BCUT2D eigenvalue weighted by molar-refractivity contribution is 7.92. The average molecular weight is 477 g/mol. The number of carbonyl (C=O) groups is 1. The van der Waals surface area contributed by atoms with Gasteiger partial charge in [-0.05, 0) is 56.0 Å². The molecule has 0 spiro atoms. The number of nitriles is 1. The van der Waals surface area contributed by atoms with Crippen molar-refractivity contribution in [3.05, 3.63) is 59.4 Å². The van der Waals surface area contributed by atoms with E-state index < -0.39 is 32.4 Å². The molecule has 2 aromatic rings. The summed E-state index contributed by atoms with van der Waals surface area (Å²) in [7, 11) is -3.90. The number of ether oxygens (including phenoxy) is 1. The van der Waals surface area contributed by atoms with Crippen LogP contribution in [-0.2, 0) is 14.6 Å². The highest BCUT2D eigenvalue weighted by atomic mass is 35.5. The lowest BCUT2D eigenvalue weighted by Crippen LogP contribution is -2.41. The lowest BCUT2D eigenvalue weighted by Gasteiger charge is -2.21. The molecule has 1 N–H and O–H groups in total. The lowest BCUT2D eigenvalue weighted by atomic mass is 9.95. The summed E-state index contributed by atoms with van der Waals surface area (Å²) >= 11 is 6.02. The van der Waals surface area contributed by atoms with Crippen molar-refractivity contribution in [2.45, 2.75) is 41.4 Å². The van der Waals surface area contributed by atoms with E-state index in [-0.39, 0.29) is 41.2 Å². The smallest absolute Gasteiger partial charge is 0.224 e. The first-order valence-electron chi connectivity index (χ1n) is 10.3. The molecule has 2 aromatic carbocycles. The zero-order valence-electron chi connectivity index (χ0n) is 17.1. The Balaban J connectivity index is 1.56. The van der Waals surface area contributed by atoms with Crippen LogP contribution in [0.5, 0.6) is 5.75 Å². The third-order valence-corrected chi connectivity index (χ3v) is 8.82. The van der Waals surface area contributed by atoms with Crippen molar-refractivity contribution in [1.29, 1.82) is 5.26 Å². The van der Waals surface area contributed by atoms with Crippen LogP contribution in [0.3, 0.4) is 0 Å². The third kappa shape index (κ3) is 4.59. The second-order valence-corrected chi connectivity index (χ2v) is 11.0. The molecule has 4 rings (SSSR count). The van der Waals surface area contributed by atoms with Gasteiger partial charge in [-0.1, -0.05) is 29.8 Å². The molecule has 168 valence electrons. The minimum Gasteiger partial charge on any atom is -0.493 e. The van der Waals surface area contributed by atoms with Crippen LogP contribution < -0.4 is 10.1 Å². The fourth-order valence-corrected chi connectivity index (χ4v) is 6.55. The van der Waals surface area contributed by atoms with E-state index in [1.165, 1.54) is 0 Å². The zero-order chi connectivity index (χ0) is 22.9. The second kappa shape index (κ2) is 8.72. The Morgan fingerprint density at radius 3 is 2.56 bits per heavy atom. The Labute approximate surface area is 191 Å². The quantitative estimate of drug-likeness (QED) is 0.611. The van der Waals surface area contributed by atoms with Crippen molar-refractivity contribution < 1.29 is 22.3 Å². The number of hydrogen-bond acceptors (Lipinski definition) is 5. The SMILES string of the molecule is N#CC1(NC(=O)[C@@H]2C[C@@H](S(=O)(=O)c3ccc(F)cc3Cl)C[C@H]2COc2ccccc2)CC1. The molecule has 32 heavy (non-hydrogen) atoms. The molecule has 0 heterocycles. The van der Waals surface area contributed by atoms with E-state index in [2.05, 4.69) is 11.4 Å². The molecular formula is C23H22ClFN2O4S. The number of nitrogens with one attached hydrogen (secondary N) is 1. The summed E-state index contributed by atoms with van der Waals surface area (Å²) in [6, 6.07) is 14.4. The van der Waals surface area contributed by atoms with Crippen molar-refractivity contribution in [1.82, 2.24) is 5.32 Å². The van der Waals surface area contributed by atoms with Crippen LogP contribution in [0.25, 0.3) is 0 Å². The van der Waals surface area contributed by atoms with Gasteiger partial charge in [0.05, 0.1) is 27.8 Å². The number of nitrogens with zero attached hydrogens (tertiary/aromatic N) is 1. The summed E-state index contributed by atoms with van der Waals surface area (Å²) in [5.41, 5.74) is -0.848.